The SMILES string of the molecule is CS(=O)(=O)N1CCC(c2nsc(Nc3ccc(Sc4ccnc5ccsc45)cc3Oc3ccc(F)cc3)n2)CC1.Cl.Cl. The Morgan fingerprint density at radius 2 is 1.83 bits per heavy atom. The second kappa shape index (κ2) is 13.8. The summed E-state index contributed by atoms with van der Waals surface area (Å²) in [6.07, 6.45) is 4.41. The molecule has 1 aliphatic rings. The zero-order valence-corrected chi connectivity index (χ0v) is 27.0. The predicted molar refractivity (Wildman–Crippen MR) is 173 cm³/mol. The van der Waals surface area contributed by atoms with Crippen LogP contribution < -0.4 is 10.1 Å². The van der Waals surface area contributed by atoms with Crippen LogP contribution in [0.25, 0.3) is 10.2 Å². The third-order valence-corrected chi connectivity index (χ3v) is 10.6. The van der Waals surface area contributed by atoms with Crippen LogP contribution in [0, 0.1) is 5.82 Å². The molecular weight excluding hydrogens is 661 g/mol. The molecule has 0 spiro atoms. The summed E-state index contributed by atoms with van der Waals surface area (Å²) in [6, 6.07) is 15.8. The summed E-state index contributed by atoms with van der Waals surface area (Å²) >= 11 is 4.52. The van der Waals surface area contributed by atoms with Gasteiger partial charge in [-0.3, -0.25) is 4.98 Å². The molecule has 5 aromatic rings. The molecule has 1 N–H and O–H groups in total. The standard InChI is InChI=1S/C27H24FN5O3S4.2ClH/c1-40(34,35)33-13-9-17(10-14-33)26-31-27(39-32-26)30-21-7-6-20(16-23(21)36-19-4-2-18(28)3-5-19)38-24-8-12-29-22-11-15-37-25(22)24;;/h2-8,11-12,15-17H,9-10,13-14H2,1H3,(H,30,31,32);2*1H. The molecule has 42 heavy (non-hydrogen) atoms. The van der Waals surface area contributed by atoms with Crippen LogP contribution in [0.1, 0.15) is 24.6 Å². The van der Waals surface area contributed by atoms with Gasteiger partial charge in [0.05, 0.1) is 22.2 Å². The van der Waals surface area contributed by atoms with Crippen LogP contribution >= 0.6 is 59.4 Å². The lowest BCUT2D eigenvalue weighted by atomic mass is 9.98. The van der Waals surface area contributed by atoms with Gasteiger partial charge in [0.25, 0.3) is 0 Å². The normalized spacial score (nSPS) is 14.2. The van der Waals surface area contributed by atoms with Crippen molar-refractivity contribution < 1.29 is 17.5 Å². The number of halogens is 3. The molecule has 0 amide bonds. The van der Waals surface area contributed by atoms with Crippen LogP contribution in [0.5, 0.6) is 11.5 Å². The lowest BCUT2D eigenvalue weighted by molar-refractivity contribution is 0.316. The molecule has 8 nitrogen and oxygen atoms in total. The minimum atomic E-state index is -3.19. The van der Waals surface area contributed by atoms with E-state index in [0.717, 1.165) is 20.0 Å². The number of ether oxygens (including phenoxy) is 1. The van der Waals surface area contributed by atoms with E-state index in [0.29, 0.717) is 54.1 Å². The van der Waals surface area contributed by atoms with E-state index in [-0.39, 0.29) is 36.5 Å². The number of aromatic nitrogens is 3. The van der Waals surface area contributed by atoms with Crippen molar-refractivity contribution in [3.8, 4) is 11.5 Å². The van der Waals surface area contributed by atoms with E-state index in [1.807, 2.05) is 35.7 Å². The highest BCUT2D eigenvalue weighted by molar-refractivity contribution is 7.99. The first-order valence-electron chi connectivity index (χ1n) is 12.4. The Balaban J connectivity index is 0.00000202. The number of sulfonamides is 1. The van der Waals surface area contributed by atoms with Gasteiger partial charge in [-0.15, -0.1) is 36.2 Å². The number of rotatable bonds is 8. The molecule has 1 saturated heterocycles. The van der Waals surface area contributed by atoms with Gasteiger partial charge in [0, 0.05) is 46.5 Å². The Labute approximate surface area is 267 Å². The highest BCUT2D eigenvalue weighted by atomic mass is 35.5. The monoisotopic (exact) mass is 685 g/mol. The fraction of sp³-hybridized carbons (Fsp3) is 0.222. The fourth-order valence-corrected chi connectivity index (χ4v) is 7.90. The summed E-state index contributed by atoms with van der Waals surface area (Å²) < 4.78 is 50.6. The van der Waals surface area contributed by atoms with Crippen LogP contribution in [0.3, 0.4) is 0 Å². The molecule has 2 aromatic carbocycles. The van der Waals surface area contributed by atoms with Crippen molar-refractivity contribution in [1.82, 2.24) is 18.6 Å². The molecule has 15 heteroatoms. The molecule has 0 unspecified atom stereocenters. The third-order valence-electron chi connectivity index (χ3n) is 6.50. The van der Waals surface area contributed by atoms with E-state index in [1.54, 1.807) is 41.4 Å². The van der Waals surface area contributed by atoms with E-state index < -0.39 is 10.0 Å². The van der Waals surface area contributed by atoms with Crippen molar-refractivity contribution in [3.05, 3.63) is 77.8 Å². The fourth-order valence-electron chi connectivity index (χ4n) is 4.45. The van der Waals surface area contributed by atoms with Crippen LogP contribution in [-0.4, -0.2) is 46.4 Å². The smallest absolute Gasteiger partial charge is 0.211 e. The third kappa shape index (κ3) is 7.51. The number of thiophene rings is 1. The number of benzene rings is 2. The number of pyridine rings is 1. The lowest BCUT2D eigenvalue weighted by Gasteiger charge is -2.28. The van der Waals surface area contributed by atoms with Crippen molar-refractivity contribution in [1.29, 1.82) is 0 Å². The van der Waals surface area contributed by atoms with E-state index in [9.17, 15) is 12.8 Å². The largest absolute Gasteiger partial charge is 0.455 e. The van der Waals surface area contributed by atoms with Gasteiger partial charge in [-0.05, 0) is 72.8 Å². The van der Waals surface area contributed by atoms with Gasteiger partial charge >= 0.3 is 0 Å². The first kappa shape index (κ1) is 32.4. The molecule has 1 aliphatic heterocycles. The Morgan fingerprint density at radius 1 is 1.07 bits per heavy atom. The number of hydrogen-bond acceptors (Lipinski definition) is 10. The Kier molecular flexibility index (Phi) is 10.7. The lowest BCUT2D eigenvalue weighted by Crippen LogP contribution is -2.37. The average Bonchev–Trinajstić information content (AvgIpc) is 3.62. The summed E-state index contributed by atoms with van der Waals surface area (Å²) in [6.45, 7) is 0.936. The minimum absolute atomic E-state index is 0. The van der Waals surface area contributed by atoms with Crippen molar-refractivity contribution in [3.63, 3.8) is 0 Å². The van der Waals surface area contributed by atoms with Gasteiger partial charge in [0.15, 0.2) is 5.75 Å². The second-order valence-corrected chi connectivity index (χ2v) is 14.0. The maximum absolute atomic E-state index is 13.5. The molecule has 222 valence electrons. The van der Waals surface area contributed by atoms with Crippen LogP contribution in [0.4, 0.5) is 15.2 Å². The van der Waals surface area contributed by atoms with Crippen molar-refractivity contribution >= 4 is 90.5 Å². The van der Waals surface area contributed by atoms with Crippen molar-refractivity contribution in [2.45, 2.75) is 28.6 Å². The van der Waals surface area contributed by atoms with Gasteiger partial charge in [-0.2, -0.15) is 4.37 Å². The molecule has 4 heterocycles. The van der Waals surface area contributed by atoms with Crippen molar-refractivity contribution in [2.24, 2.45) is 0 Å². The van der Waals surface area contributed by atoms with Crippen LogP contribution in [0.2, 0.25) is 0 Å². The van der Waals surface area contributed by atoms with Gasteiger partial charge in [0.2, 0.25) is 15.2 Å². The Morgan fingerprint density at radius 3 is 2.57 bits per heavy atom. The number of nitrogens with zero attached hydrogens (tertiary/aromatic N) is 4. The average molecular weight is 687 g/mol. The number of anilines is 2. The molecule has 0 atom stereocenters. The van der Waals surface area contributed by atoms with Gasteiger partial charge in [-0.25, -0.2) is 22.1 Å². The number of nitrogens with one attached hydrogen (secondary N) is 1. The van der Waals surface area contributed by atoms with Gasteiger partial charge < -0.3 is 10.1 Å². The summed E-state index contributed by atoms with van der Waals surface area (Å²) in [5, 5.41) is 5.98. The molecule has 0 bridgehead atoms. The second-order valence-electron chi connectivity index (χ2n) is 9.28. The van der Waals surface area contributed by atoms with E-state index in [1.165, 1.54) is 34.2 Å². The van der Waals surface area contributed by atoms with E-state index in [2.05, 4.69) is 14.7 Å². The van der Waals surface area contributed by atoms with Gasteiger partial charge in [-0.1, -0.05) is 11.8 Å². The maximum atomic E-state index is 13.5. The topological polar surface area (TPSA) is 97.3 Å². The zero-order valence-electron chi connectivity index (χ0n) is 22.1. The zero-order chi connectivity index (χ0) is 27.7. The summed E-state index contributed by atoms with van der Waals surface area (Å²) in [5.74, 6) is 1.55. The molecule has 0 aliphatic carbocycles. The Hall–Kier alpha value is -2.52. The molecule has 1 fully saturated rings. The van der Waals surface area contributed by atoms with Crippen LogP contribution in [0.15, 0.2) is 76.0 Å². The highest BCUT2D eigenvalue weighted by Crippen LogP contribution is 2.41. The van der Waals surface area contributed by atoms with E-state index >= 15 is 0 Å². The number of piperidine rings is 1. The molecule has 3 aromatic heterocycles. The number of fused-ring (bicyclic) bond motifs is 1. The highest BCUT2D eigenvalue weighted by Gasteiger charge is 2.28. The summed E-state index contributed by atoms with van der Waals surface area (Å²) in [5.41, 5.74) is 1.66. The molecule has 6 rings (SSSR count). The molecular formula is C27H26Cl2FN5O3S4. The predicted octanol–water partition coefficient (Wildman–Crippen LogP) is 7.96. The van der Waals surface area contributed by atoms with Crippen LogP contribution in [-0.2, 0) is 10.0 Å². The van der Waals surface area contributed by atoms with Gasteiger partial charge in [0.1, 0.15) is 17.4 Å². The minimum Gasteiger partial charge on any atom is -0.455 e. The summed E-state index contributed by atoms with van der Waals surface area (Å²) in [4.78, 5) is 11.2. The number of hydrogen-bond donors (Lipinski definition) is 1. The maximum Gasteiger partial charge on any atom is 0.211 e. The van der Waals surface area contributed by atoms with Crippen molar-refractivity contribution in [2.75, 3.05) is 24.7 Å². The first-order valence-corrected chi connectivity index (χ1v) is 16.8. The Bertz CT molecular complexity index is 1760. The quantitative estimate of drug-likeness (QED) is 0.176. The van der Waals surface area contributed by atoms with E-state index in [4.69, 9.17) is 9.72 Å². The first-order chi connectivity index (χ1) is 19.3. The molecule has 0 radical (unpaired) electrons. The molecule has 0 saturated carbocycles. The summed E-state index contributed by atoms with van der Waals surface area (Å²) in [7, 11) is -3.19.